The average molecular weight is 307 g/mol. The summed E-state index contributed by atoms with van der Waals surface area (Å²) in [5.74, 6) is -2.22. The Morgan fingerprint density at radius 2 is 1.14 bits per heavy atom. The first-order valence-corrected chi connectivity index (χ1v) is 6.77. The summed E-state index contributed by atoms with van der Waals surface area (Å²) < 4.78 is 0. The predicted octanol–water partition coefficient (Wildman–Crippen LogP) is -2.32. The zero-order valence-corrected chi connectivity index (χ0v) is 11.8. The van der Waals surface area contributed by atoms with Gasteiger partial charge in [-0.05, 0) is 25.7 Å². The molecule has 0 heterocycles. The Balaban J connectivity index is 3.68. The number of carboxylic acid groups (broad SMARTS) is 2. The van der Waals surface area contributed by atoms with Gasteiger partial charge in [0.1, 0.15) is 12.1 Å². The lowest BCUT2D eigenvalue weighted by molar-refractivity contribution is -0.139. The Labute approximate surface area is 122 Å². The number of nitrogens with one attached hydrogen (secondary N) is 1. The summed E-state index contributed by atoms with van der Waals surface area (Å²) in [5, 5.41) is 39.2. The van der Waals surface area contributed by atoms with Gasteiger partial charge in [0.25, 0.3) is 0 Å². The second kappa shape index (κ2) is 10.5. The topological polar surface area (TPSA) is 179 Å². The lowest BCUT2D eigenvalue weighted by Gasteiger charge is -2.16. The van der Waals surface area contributed by atoms with Crippen LogP contribution in [0.1, 0.15) is 25.7 Å². The average Bonchev–Trinajstić information content (AvgIpc) is 2.41. The molecular weight excluding hydrogens is 282 g/mol. The van der Waals surface area contributed by atoms with Crippen molar-refractivity contribution in [3.63, 3.8) is 0 Å². The smallest absolute Gasteiger partial charge is 0.320 e. The summed E-state index contributed by atoms with van der Waals surface area (Å²) >= 11 is 0. The minimum Gasteiger partial charge on any atom is -0.480 e. The highest BCUT2D eigenvalue weighted by Crippen LogP contribution is 2.02. The van der Waals surface area contributed by atoms with Gasteiger partial charge in [-0.2, -0.15) is 0 Å². The Morgan fingerprint density at radius 1 is 0.810 bits per heavy atom. The van der Waals surface area contributed by atoms with Gasteiger partial charge in [-0.1, -0.05) is 0 Å². The van der Waals surface area contributed by atoms with Gasteiger partial charge in [-0.15, -0.1) is 0 Å². The molecule has 4 atom stereocenters. The number of hydrogen-bond acceptors (Lipinski definition) is 7. The number of aliphatic carboxylic acids is 2. The molecule has 9 heteroatoms. The molecule has 0 aromatic rings. The van der Waals surface area contributed by atoms with Crippen LogP contribution < -0.4 is 16.8 Å². The van der Waals surface area contributed by atoms with Crippen LogP contribution in [-0.2, 0) is 9.59 Å². The number of rotatable bonds is 12. The Kier molecular flexibility index (Phi) is 9.84. The highest BCUT2D eigenvalue weighted by molar-refractivity contribution is 5.73. The molecule has 0 saturated heterocycles. The van der Waals surface area contributed by atoms with E-state index in [0.29, 0.717) is 0 Å². The van der Waals surface area contributed by atoms with Crippen molar-refractivity contribution < 1.29 is 30.0 Å². The van der Waals surface area contributed by atoms with E-state index in [1.807, 2.05) is 0 Å². The fraction of sp³-hybridized carbons (Fsp3) is 0.833. The van der Waals surface area contributed by atoms with Gasteiger partial charge in [-0.3, -0.25) is 9.59 Å². The van der Waals surface area contributed by atoms with Gasteiger partial charge in [0.15, 0.2) is 0 Å². The molecule has 0 aliphatic rings. The molecule has 0 radical (unpaired) electrons. The summed E-state index contributed by atoms with van der Waals surface area (Å²) in [6, 6.07) is -1.99. The zero-order chi connectivity index (χ0) is 16.4. The van der Waals surface area contributed by atoms with E-state index in [1.54, 1.807) is 0 Å². The van der Waals surface area contributed by atoms with E-state index < -0.39 is 36.2 Å². The van der Waals surface area contributed by atoms with Crippen LogP contribution in [0.15, 0.2) is 0 Å². The summed E-state index contributed by atoms with van der Waals surface area (Å²) in [4.78, 5) is 21.0. The van der Waals surface area contributed by atoms with E-state index >= 15 is 0 Å². The van der Waals surface area contributed by atoms with Crippen LogP contribution in [0.5, 0.6) is 0 Å². The molecule has 0 saturated carbocycles. The predicted molar refractivity (Wildman–Crippen MR) is 74.6 cm³/mol. The molecule has 0 rings (SSSR count). The van der Waals surface area contributed by atoms with Gasteiger partial charge < -0.3 is 37.2 Å². The molecule has 2 unspecified atom stereocenters. The van der Waals surface area contributed by atoms with Crippen molar-refractivity contribution in [2.24, 2.45) is 11.5 Å². The second-order valence-electron chi connectivity index (χ2n) is 5.01. The molecule has 0 bridgehead atoms. The molecule has 0 aliphatic carbocycles. The van der Waals surface area contributed by atoms with Crippen LogP contribution in [0.25, 0.3) is 0 Å². The Bertz CT molecular complexity index is 298. The van der Waals surface area contributed by atoms with Crippen LogP contribution >= 0.6 is 0 Å². The number of nitrogens with two attached hydrogens (primary N) is 2. The first-order chi connectivity index (χ1) is 9.73. The van der Waals surface area contributed by atoms with Crippen molar-refractivity contribution in [3.8, 4) is 0 Å². The maximum Gasteiger partial charge on any atom is 0.320 e. The normalized spacial score (nSPS) is 17.0. The summed E-state index contributed by atoms with van der Waals surface area (Å²) in [6.07, 6.45) is -0.726. The van der Waals surface area contributed by atoms with E-state index in [2.05, 4.69) is 5.32 Å². The summed E-state index contributed by atoms with van der Waals surface area (Å²) in [5.41, 5.74) is 10.6. The maximum absolute atomic E-state index is 10.5. The molecule has 0 aromatic carbocycles. The molecule has 0 fully saturated rings. The van der Waals surface area contributed by atoms with Crippen LogP contribution in [0.3, 0.4) is 0 Å². The molecule has 21 heavy (non-hydrogen) atoms. The molecule has 0 aliphatic heterocycles. The molecule has 9 N–H and O–H groups in total. The van der Waals surface area contributed by atoms with Crippen molar-refractivity contribution in [3.05, 3.63) is 0 Å². The lowest BCUT2D eigenvalue weighted by atomic mass is 10.1. The highest BCUT2D eigenvalue weighted by atomic mass is 16.4. The first-order valence-electron chi connectivity index (χ1n) is 6.77. The van der Waals surface area contributed by atoms with Crippen molar-refractivity contribution in [1.29, 1.82) is 0 Å². The van der Waals surface area contributed by atoms with Crippen LogP contribution in [0, 0.1) is 0 Å². The van der Waals surface area contributed by atoms with E-state index in [0.717, 1.165) is 0 Å². The maximum atomic E-state index is 10.5. The largest absolute Gasteiger partial charge is 0.480 e. The van der Waals surface area contributed by atoms with Crippen LogP contribution in [0.2, 0.25) is 0 Å². The third-order valence-corrected chi connectivity index (χ3v) is 3.02. The Morgan fingerprint density at radius 3 is 1.43 bits per heavy atom. The summed E-state index contributed by atoms with van der Waals surface area (Å²) in [6.45, 7) is 0.378. The Hall–Kier alpha value is -1.26. The van der Waals surface area contributed by atoms with Crippen molar-refractivity contribution in [2.75, 3.05) is 13.1 Å². The van der Waals surface area contributed by atoms with E-state index in [-0.39, 0.29) is 38.8 Å². The second-order valence-corrected chi connectivity index (χ2v) is 5.01. The number of aliphatic hydroxyl groups excluding tert-OH is 2. The number of carboxylic acids is 2. The van der Waals surface area contributed by atoms with Crippen molar-refractivity contribution in [2.45, 2.75) is 50.0 Å². The van der Waals surface area contributed by atoms with Gasteiger partial charge >= 0.3 is 11.9 Å². The van der Waals surface area contributed by atoms with Crippen molar-refractivity contribution in [1.82, 2.24) is 5.32 Å². The van der Waals surface area contributed by atoms with Gasteiger partial charge in [0.2, 0.25) is 0 Å². The third kappa shape index (κ3) is 10.2. The highest BCUT2D eigenvalue weighted by Gasteiger charge is 2.15. The van der Waals surface area contributed by atoms with Gasteiger partial charge in [0, 0.05) is 13.1 Å². The number of hydrogen-bond donors (Lipinski definition) is 7. The van der Waals surface area contributed by atoms with Crippen LogP contribution in [-0.4, -0.2) is 69.7 Å². The molecule has 0 aromatic heterocycles. The summed E-state index contributed by atoms with van der Waals surface area (Å²) in [7, 11) is 0. The van der Waals surface area contributed by atoms with Crippen molar-refractivity contribution >= 4 is 11.9 Å². The fourth-order valence-corrected chi connectivity index (χ4v) is 1.61. The van der Waals surface area contributed by atoms with Gasteiger partial charge in [-0.25, -0.2) is 0 Å². The number of carbonyl (C=O) groups is 2. The standard InChI is InChI=1S/C12H25N3O6/c13-9(11(18)19)3-1-7(16)5-15-6-8(17)2-4-10(14)12(20)21/h7-10,15-17H,1-6,13-14H2,(H,18,19)(H,20,21)/t7?,8?,9-,10-/m0/s1. The lowest BCUT2D eigenvalue weighted by Crippen LogP contribution is -2.37. The number of aliphatic hydroxyl groups is 2. The third-order valence-electron chi connectivity index (χ3n) is 3.02. The molecular formula is C12H25N3O6. The quantitative estimate of drug-likeness (QED) is 0.208. The minimum atomic E-state index is -1.11. The molecule has 9 nitrogen and oxygen atoms in total. The zero-order valence-electron chi connectivity index (χ0n) is 11.8. The molecule has 124 valence electrons. The fourth-order valence-electron chi connectivity index (χ4n) is 1.61. The van der Waals surface area contributed by atoms with E-state index in [9.17, 15) is 19.8 Å². The molecule has 0 spiro atoms. The monoisotopic (exact) mass is 307 g/mol. The van der Waals surface area contributed by atoms with Gasteiger partial charge in [0.05, 0.1) is 12.2 Å². The molecule has 0 amide bonds. The SMILES string of the molecule is N[C@@H](CCC(O)CNCC(O)CC[C@H](N)C(=O)O)C(=O)O. The van der Waals surface area contributed by atoms with E-state index in [1.165, 1.54) is 0 Å². The minimum absolute atomic E-state index is 0.161. The van der Waals surface area contributed by atoms with E-state index in [4.69, 9.17) is 21.7 Å². The van der Waals surface area contributed by atoms with Crippen LogP contribution in [0.4, 0.5) is 0 Å². The first kappa shape index (κ1) is 19.7.